The Morgan fingerprint density at radius 3 is 2.65 bits per heavy atom. The zero-order valence-electron chi connectivity index (χ0n) is 13.9. The average molecular weight is 455 g/mol. The Morgan fingerprint density at radius 2 is 1.92 bits per heavy atom. The highest BCUT2D eigenvalue weighted by Gasteiger charge is 2.17. The number of nitrogens with two attached hydrogens (primary N) is 1. The van der Waals surface area contributed by atoms with Crippen LogP contribution in [0.25, 0.3) is 21.8 Å². The SMILES string of the molecule is NC(=O)c1cccc2c1c1[c]cc(CO)cc1n2Cc1cccc(I)c1. The molecule has 0 bridgehead atoms. The zero-order valence-corrected chi connectivity index (χ0v) is 16.0. The fraction of sp³-hybridized carbons (Fsp3) is 0.0952. The van der Waals surface area contributed by atoms with Crippen molar-refractivity contribution in [2.24, 2.45) is 5.73 Å². The number of halogens is 1. The highest BCUT2D eigenvalue weighted by molar-refractivity contribution is 14.1. The van der Waals surface area contributed by atoms with Crippen molar-refractivity contribution in [3.8, 4) is 0 Å². The molecule has 3 N–H and O–H groups in total. The number of rotatable bonds is 4. The molecule has 0 saturated carbocycles. The fourth-order valence-corrected chi connectivity index (χ4v) is 3.99. The van der Waals surface area contributed by atoms with Crippen LogP contribution < -0.4 is 5.73 Å². The van der Waals surface area contributed by atoms with Crippen molar-refractivity contribution in [2.45, 2.75) is 13.2 Å². The smallest absolute Gasteiger partial charge is 0.249 e. The van der Waals surface area contributed by atoms with Crippen molar-refractivity contribution < 1.29 is 9.90 Å². The summed E-state index contributed by atoms with van der Waals surface area (Å²) < 4.78 is 3.32. The van der Waals surface area contributed by atoms with E-state index >= 15 is 0 Å². The van der Waals surface area contributed by atoms with Crippen molar-refractivity contribution in [2.75, 3.05) is 0 Å². The monoisotopic (exact) mass is 455 g/mol. The number of benzene rings is 3. The molecule has 5 heteroatoms. The number of fused-ring (bicyclic) bond motifs is 3. The largest absolute Gasteiger partial charge is 0.392 e. The number of nitrogens with zero attached hydrogens (tertiary/aromatic N) is 1. The lowest BCUT2D eigenvalue weighted by Crippen LogP contribution is -2.11. The predicted molar refractivity (Wildman–Crippen MR) is 111 cm³/mol. The molecule has 1 amide bonds. The molecule has 0 unspecified atom stereocenters. The topological polar surface area (TPSA) is 68.2 Å². The summed E-state index contributed by atoms with van der Waals surface area (Å²) in [6.45, 7) is 0.599. The first kappa shape index (κ1) is 17.1. The molecule has 0 spiro atoms. The van der Waals surface area contributed by atoms with E-state index < -0.39 is 5.91 Å². The lowest BCUT2D eigenvalue weighted by molar-refractivity contribution is 0.100. The minimum absolute atomic E-state index is 0.0557. The van der Waals surface area contributed by atoms with Crippen molar-refractivity contribution >= 4 is 50.3 Å². The van der Waals surface area contributed by atoms with E-state index in [1.54, 1.807) is 12.1 Å². The molecule has 4 rings (SSSR count). The van der Waals surface area contributed by atoms with Gasteiger partial charge >= 0.3 is 0 Å². The Balaban J connectivity index is 2.05. The molecular formula is C21H16IN2O2. The molecule has 1 heterocycles. The maximum Gasteiger partial charge on any atom is 0.249 e. The third-order valence-electron chi connectivity index (χ3n) is 4.53. The second-order valence-electron chi connectivity index (χ2n) is 6.21. The first-order valence-corrected chi connectivity index (χ1v) is 9.27. The molecule has 3 aromatic carbocycles. The van der Waals surface area contributed by atoms with Crippen LogP contribution in [0, 0.1) is 9.64 Å². The summed E-state index contributed by atoms with van der Waals surface area (Å²) in [5, 5.41) is 11.2. The number of hydrogen-bond acceptors (Lipinski definition) is 2. The van der Waals surface area contributed by atoms with Crippen LogP contribution >= 0.6 is 22.6 Å². The highest BCUT2D eigenvalue weighted by Crippen LogP contribution is 2.32. The Labute approximate surface area is 164 Å². The number of amides is 1. The van der Waals surface area contributed by atoms with Gasteiger partial charge in [-0.1, -0.05) is 18.2 Å². The van der Waals surface area contributed by atoms with Crippen molar-refractivity contribution in [3.63, 3.8) is 0 Å². The number of aliphatic hydroxyl groups excluding tert-OH is 1. The van der Waals surface area contributed by atoms with Gasteiger partial charge in [0, 0.05) is 26.5 Å². The van der Waals surface area contributed by atoms with Crippen LogP contribution in [-0.2, 0) is 13.2 Å². The minimum atomic E-state index is -0.455. The van der Waals surface area contributed by atoms with Gasteiger partial charge in [-0.2, -0.15) is 0 Å². The Hall–Kier alpha value is -2.38. The first-order chi connectivity index (χ1) is 12.6. The van der Waals surface area contributed by atoms with E-state index in [9.17, 15) is 9.90 Å². The number of carbonyl (C=O) groups is 1. The van der Waals surface area contributed by atoms with Crippen LogP contribution in [0.4, 0.5) is 0 Å². The first-order valence-electron chi connectivity index (χ1n) is 8.19. The summed E-state index contributed by atoms with van der Waals surface area (Å²) >= 11 is 2.30. The molecule has 1 radical (unpaired) electrons. The van der Waals surface area contributed by atoms with Gasteiger partial charge in [0.05, 0.1) is 17.6 Å². The molecule has 26 heavy (non-hydrogen) atoms. The highest BCUT2D eigenvalue weighted by atomic mass is 127. The lowest BCUT2D eigenvalue weighted by atomic mass is 10.0. The Kier molecular flexibility index (Phi) is 4.42. The zero-order chi connectivity index (χ0) is 18.3. The maximum absolute atomic E-state index is 12.0. The van der Waals surface area contributed by atoms with Crippen LogP contribution in [0.1, 0.15) is 21.5 Å². The molecule has 0 atom stereocenters. The fourth-order valence-electron chi connectivity index (χ4n) is 3.38. The van der Waals surface area contributed by atoms with E-state index in [-0.39, 0.29) is 6.61 Å². The quantitative estimate of drug-likeness (QED) is 0.460. The summed E-state index contributed by atoms with van der Waals surface area (Å²) in [5.74, 6) is -0.455. The summed E-state index contributed by atoms with van der Waals surface area (Å²) in [5.41, 5.74) is 9.90. The number of aromatic nitrogens is 1. The summed E-state index contributed by atoms with van der Waals surface area (Å²) in [7, 11) is 0. The summed E-state index contributed by atoms with van der Waals surface area (Å²) in [6, 6.07) is 20.8. The second-order valence-corrected chi connectivity index (χ2v) is 7.45. The number of primary amides is 1. The van der Waals surface area contributed by atoms with Gasteiger partial charge in [-0.25, -0.2) is 0 Å². The molecule has 0 aliphatic rings. The number of hydrogen-bond donors (Lipinski definition) is 2. The van der Waals surface area contributed by atoms with Crippen LogP contribution in [0.5, 0.6) is 0 Å². The minimum Gasteiger partial charge on any atom is -0.392 e. The van der Waals surface area contributed by atoms with Crippen molar-refractivity contribution in [3.05, 3.63) is 80.9 Å². The molecule has 1 aromatic heterocycles. The molecular weight excluding hydrogens is 439 g/mol. The van der Waals surface area contributed by atoms with Gasteiger partial charge in [-0.05, 0) is 76.2 Å². The maximum atomic E-state index is 12.0. The third kappa shape index (κ3) is 2.87. The van der Waals surface area contributed by atoms with Crippen LogP contribution in [-0.4, -0.2) is 15.6 Å². The van der Waals surface area contributed by atoms with Crippen molar-refractivity contribution in [1.82, 2.24) is 4.57 Å². The molecule has 0 aliphatic carbocycles. The van der Waals surface area contributed by atoms with E-state index in [1.807, 2.05) is 24.3 Å². The van der Waals surface area contributed by atoms with E-state index in [0.29, 0.717) is 12.1 Å². The molecule has 0 saturated heterocycles. The van der Waals surface area contributed by atoms with Gasteiger partial charge in [-0.15, -0.1) is 0 Å². The standard InChI is InChI=1S/C21H16IN2O2/c22-15-4-1-3-13(9-15)11-24-18-6-2-5-17(21(23)26)20(18)16-8-7-14(12-25)10-19(16)24/h1-7,9-10,25H,11-12H2,(H2,23,26). The van der Waals surface area contributed by atoms with E-state index in [1.165, 1.54) is 3.57 Å². The molecule has 4 nitrogen and oxygen atoms in total. The number of carbonyl (C=O) groups excluding carboxylic acids is 1. The predicted octanol–water partition coefficient (Wildman–Crippen LogP) is 3.84. The van der Waals surface area contributed by atoms with Crippen LogP contribution in [0.3, 0.4) is 0 Å². The molecule has 4 aromatic rings. The van der Waals surface area contributed by atoms with Gasteiger partial charge < -0.3 is 15.4 Å². The number of aliphatic hydroxyl groups is 1. The van der Waals surface area contributed by atoms with Crippen LogP contribution in [0.15, 0.2) is 54.6 Å². The van der Waals surface area contributed by atoms with E-state index in [0.717, 1.165) is 32.9 Å². The van der Waals surface area contributed by atoms with Crippen LogP contribution in [0.2, 0.25) is 0 Å². The average Bonchev–Trinajstić information content (AvgIpc) is 2.95. The molecule has 0 fully saturated rings. The third-order valence-corrected chi connectivity index (χ3v) is 5.20. The summed E-state index contributed by atoms with van der Waals surface area (Å²) in [6.07, 6.45) is 0. The van der Waals surface area contributed by atoms with Gasteiger partial charge in [0.1, 0.15) is 0 Å². The van der Waals surface area contributed by atoms with E-state index in [2.05, 4.69) is 51.4 Å². The Morgan fingerprint density at radius 1 is 1.12 bits per heavy atom. The van der Waals surface area contributed by atoms with Gasteiger partial charge in [0.2, 0.25) is 5.91 Å². The summed E-state index contributed by atoms with van der Waals surface area (Å²) in [4.78, 5) is 12.0. The normalized spacial score (nSPS) is 11.3. The van der Waals surface area contributed by atoms with Gasteiger partial charge in [-0.3, -0.25) is 4.79 Å². The van der Waals surface area contributed by atoms with Gasteiger partial charge in [0.15, 0.2) is 0 Å². The van der Waals surface area contributed by atoms with E-state index in [4.69, 9.17) is 5.73 Å². The Bertz CT molecular complexity index is 1150. The van der Waals surface area contributed by atoms with Gasteiger partial charge in [0.25, 0.3) is 0 Å². The molecule has 129 valence electrons. The molecule has 0 aliphatic heterocycles. The lowest BCUT2D eigenvalue weighted by Gasteiger charge is -2.09. The van der Waals surface area contributed by atoms with Crippen molar-refractivity contribution in [1.29, 1.82) is 0 Å². The second kappa shape index (κ2) is 6.74.